The standard InChI is InChI=1S/C14H20N2O2/c1-14(2)8-7-12(9-14)15-10-11-3-5-13(6-4-11)16(17)18/h3-6,12,15H,7-10H2,1-2H3. The average Bonchev–Trinajstić information content (AvgIpc) is 2.67. The lowest BCUT2D eigenvalue weighted by Crippen LogP contribution is -2.26. The third-order valence-electron chi connectivity index (χ3n) is 3.71. The van der Waals surface area contributed by atoms with Gasteiger partial charge >= 0.3 is 0 Å². The van der Waals surface area contributed by atoms with Crippen LogP contribution in [0.25, 0.3) is 0 Å². The summed E-state index contributed by atoms with van der Waals surface area (Å²) in [5.41, 5.74) is 1.71. The number of rotatable bonds is 4. The van der Waals surface area contributed by atoms with Gasteiger partial charge in [-0.25, -0.2) is 0 Å². The molecule has 0 saturated heterocycles. The summed E-state index contributed by atoms with van der Waals surface area (Å²) in [5.74, 6) is 0. The number of nitro benzene ring substituents is 1. The van der Waals surface area contributed by atoms with Gasteiger partial charge in [0.05, 0.1) is 4.92 Å². The van der Waals surface area contributed by atoms with Crippen molar-refractivity contribution in [3.8, 4) is 0 Å². The summed E-state index contributed by atoms with van der Waals surface area (Å²) in [6, 6.07) is 7.36. The average molecular weight is 248 g/mol. The fourth-order valence-electron chi connectivity index (χ4n) is 2.61. The van der Waals surface area contributed by atoms with Crippen molar-refractivity contribution < 1.29 is 4.92 Å². The lowest BCUT2D eigenvalue weighted by molar-refractivity contribution is -0.384. The van der Waals surface area contributed by atoms with Gasteiger partial charge in [-0.2, -0.15) is 0 Å². The van der Waals surface area contributed by atoms with Gasteiger partial charge in [-0.3, -0.25) is 10.1 Å². The monoisotopic (exact) mass is 248 g/mol. The van der Waals surface area contributed by atoms with E-state index in [-0.39, 0.29) is 10.6 Å². The van der Waals surface area contributed by atoms with Crippen molar-refractivity contribution >= 4 is 5.69 Å². The van der Waals surface area contributed by atoms with Gasteiger partial charge in [0.15, 0.2) is 0 Å². The second-order valence-electron chi connectivity index (χ2n) is 5.91. The molecule has 98 valence electrons. The minimum Gasteiger partial charge on any atom is -0.310 e. The molecule has 0 aliphatic heterocycles. The second-order valence-corrected chi connectivity index (χ2v) is 5.91. The van der Waals surface area contributed by atoms with Crippen LogP contribution in [0.3, 0.4) is 0 Å². The molecule has 0 spiro atoms. The Morgan fingerprint density at radius 3 is 2.56 bits per heavy atom. The van der Waals surface area contributed by atoms with E-state index in [1.807, 2.05) is 12.1 Å². The van der Waals surface area contributed by atoms with E-state index in [1.54, 1.807) is 12.1 Å². The third-order valence-corrected chi connectivity index (χ3v) is 3.71. The summed E-state index contributed by atoms with van der Waals surface area (Å²) in [6.45, 7) is 5.40. The predicted octanol–water partition coefficient (Wildman–Crippen LogP) is 3.26. The highest BCUT2D eigenvalue weighted by molar-refractivity contribution is 5.32. The number of benzene rings is 1. The maximum Gasteiger partial charge on any atom is 0.269 e. The molecule has 1 aromatic carbocycles. The van der Waals surface area contributed by atoms with Crippen LogP contribution in [-0.2, 0) is 6.54 Å². The van der Waals surface area contributed by atoms with Crippen LogP contribution in [0.5, 0.6) is 0 Å². The first-order valence-electron chi connectivity index (χ1n) is 6.43. The van der Waals surface area contributed by atoms with Gasteiger partial charge in [-0.15, -0.1) is 0 Å². The van der Waals surface area contributed by atoms with E-state index in [0.29, 0.717) is 11.5 Å². The predicted molar refractivity (Wildman–Crippen MR) is 71.4 cm³/mol. The van der Waals surface area contributed by atoms with Crippen molar-refractivity contribution in [1.82, 2.24) is 5.32 Å². The Balaban J connectivity index is 1.85. The Bertz CT molecular complexity index is 426. The maximum absolute atomic E-state index is 10.5. The largest absolute Gasteiger partial charge is 0.310 e. The van der Waals surface area contributed by atoms with Crippen molar-refractivity contribution in [3.63, 3.8) is 0 Å². The van der Waals surface area contributed by atoms with E-state index < -0.39 is 0 Å². The lowest BCUT2D eigenvalue weighted by Gasteiger charge is -2.17. The molecule has 1 aliphatic carbocycles. The summed E-state index contributed by atoms with van der Waals surface area (Å²) < 4.78 is 0. The summed E-state index contributed by atoms with van der Waals surface area (Å²) in [7, 11) is 0. The molecule has 0 heterocycles. The number of hydrogen-bond acceptors (Lipinski definition) is 3. The van der Waals surface area contributed by atoms with Crippen molar-refractivity contribution in [2.45, 2.75) is 45.7 Å². The molecule has 0 aromatic heterocycles. The molecule has 1 unspecified atom stereocenters. The molecule has 1 aliphatic rings. The van der Waals surface area contributed by atoms with Gasteiger partial charge in [0.25, 0.3) is 5.69 Å². The first-order chi connectivity index (χ1) is 8.46. The molecule has 4 nitrogen and oxygen atoms in total. The zero-order valence-corrected chi connectivity index (χ0v) is 11.0. The molecule has 4 heteroatoms. The summed E-state index contributed by atoms with van der Waals surface area (Å²) in [5, 5.41) is 14.1. The summed E-state index contributed by atoms with van der Waals surface area (Å²) >= 11 is 0. The highest BCUT2D eigenvalue weighted by Gasteiger charge is 2.30. The molecule has 1 fully saturated rings. The summed E-state index contributed by atoms with van der Waals surface area (Å²) in [4.78, 5) is 10.2. The SMILES string of the molecule is CC1(C)CCC(NCc2ccc([N+](=O)[O-])cc2)C1. The molecule has 1 saturated carbocycles. The highest BCUT2D eigenvalue weighted by Crippen LogP contribution is 2.36. The fraction of sp³-hybridized carbons (Fsp3) is 0.571. The van der Waals surface area contributed by atoms with Gasteiger partial charge < -0.3 is 5.32 Å². The van der Waals surface area contributed by atoms with Crippen molar-refractivity contribution in [2.24, 2.45) is 5.41 Å². The van der Waals surface area contributed by atoms with Crippen LogP contribution in [0.4, 0.5) is 5.69 Å². The number of hydrogen-bond donors (Lipinski definition) is 1. The molecule has 1 atom stereocenters. The van der Waals surface area contributed by atoms with Crippen LogP contribution in [0.1, 0.15) is 38.7 Å². The van der Waals surface area contributed by atoms with Crippen molar-refractivity contribution in [1.29, 1.82) is 0 Å². The normalized spacial score (nSPS) is 22.0. The Morgan fingerprint density at radius 2 is 2.06 bits per heavy atom. The van der Waals surface area contributed by atoms with E-state index in [1.165, 1.54) is 19.3 Å². The van der Waals surface area contributed by atoms with Crippen LogP contribution in [-0.4, -0.2) is 11.0 Å². The quantitative estimate of drug-likeness (QED) is 0.657. The van der Waals surface area contributed by atoms with Gasteiger partial charge in [0.2, 0.25) is 0 Å². The molecule has 18 heavy (non-hydrogen) atoms. The Kier molecular flexibility index (Phi) is 3.66. The molecular formula is C14H20N2O2. The smallest absolute Gasteiger partial charge is 0.269 e. The van der Waals surface area contributed by atoms with E-state index >= 15 is 0 Å². The second kappa shape index (κ2) is 5.06. The van der Waals surface area contributed by atoms with Crippen molar-refractivity contribution in [3.05, 3.63) is 39.9 Å². The molecule has 0 amide bonds. The van der Waals surface area contributed by atoms with E-state index in [4.69, 9.17) is 0 Å². The van der Waals surface area contributed by atoms with Gasteiger partial charge in [0, 0.05) is 24.7 Å². The first kappa shape index (κ1) is 13.0. The zero-order chi connectivity index (χ0) is 13.2. The van der Waals surface area contributed by atoms with Crippen LogP contribution >= 0.6 is 0 Å². The highest BCUT2D eigenvalue weighted by atomic mass is 16.6. The third kappa shape index (κ3) is 3.29. The van der Waals surface area contributed by atoms with Gasteiger partial charge in [-0.1, -0.05) is 26.0 Å². The zero-order valence-electron chi connectivity index (χ0n) is 11.0. The van der Waals surface area contributed by atoms with E-state index in [2.05, 4.69) is 19.2 Å². The molecule has 1 aromatic rings. The van der Waals surface area contributed by atoms with Crippen LogP contribution in [0.15, 0.2) is 24.3 Å². The fourth-order valence-corrected chi connectivity index (χ4v) is 2.61. The minimum atomic E-state index is -0.364. The van der Waals surface area contributed by atoms with Gasteiger partial charge in [0.1, 0.15) is 0 Å². The van der Waals surface area contributed by atoms with Crippen molar-refractivity contribution in [2.75, 3.05) is 0 Å². The molecule has 1 N–H and O–H groups in total. The van der Waals surface area contributed by atoms with Crippen LogP contribution in [0.2, 0.25) is 0 Å². The number of nitro groups is 1. The Hall–Kier alpha value is -1.42. The van der Waals surface area contributed by atoms with Crippen LogP contribution in [0, 0.1) is 15.5 Å². The molecule has 0 radical (unpaired) electrons. The first-order valence-corrected chi connectivity index (χ1v) is 6.43. The van der Waals surface area contributed by atoms with Crippen LogP contribution < -0.4 is 5.32 Å². The summed E-state index contributed by atoms with van der Waals surface area (Å²) in [6.07, 6.45) is 3.70. The lowest BCUT2D eigenvalue weighted by atomic mass is 9.92. The minimum absolute atomic E-state index is 0.153. The van der Waals surface area contributed by atoms with Gasteiger partial charge in [-0.05, 0) is 30.2 Å². The molecule has 0 bridgehead atoms. The number of nitrogens with one attached hydrogen (secondary N) is 1. The molecule has 2 rings (SSSR count). The molecular weight excluding hydrogens is 228 g/mol. The Labute approximate surface area is 108 Å². The van der Waals surface area contributed by atoms with E-state index in [9.17, 15) is 10.1 Å². The topological polar surface area (TPSA) is 55.2 Å². The number of non-ortho nitro benzene ring substituents is 1. The Morgan fingerprint density at radius 1 is 1.39 bits per heavy atom. The number of nitrogens with zero attached hydrogens (tertiary/aromatic N) is 1. The van der Waals surface area contributed by atoms with E-state index in [0.717, 1.165) is 12.1 Å². The maximum atomic E-state index is 10.5.